The molecular weight excluding hydrogens is 208 g/mol. The summed E-state index contributed by atoms with van der Waals surface area (Å²) in [5.74, 6) is 2.25. The number of rotatable bonds is 3. The minimum absolute atomic E-state index is 0.164. The maximum atomic E-state index is 9.99. The van der Waals surface area contributed by atoms with E-state index in [1.54, 1.807) is 0 Å². The van der Waals surface area contributed by atoms with E-state index >= 15 is 0 Å². The summed E-state index contributed by atoms with van der Waals surface area (Å²) < 4.78 is 0. The van der Waals surface area contributed by atoms with Gasteiger partial charge in [0.25, 0.3) is 0 Å². The van der Waals surface area contributed by atoms with Gasteiger partial charge in [-0.25, -0.2) is 0 Å². The average Bonchev–Trinajstić information content (AvgIpc) is 2.41. The van der Waals surface area contributed by atoms with E-state index < -0.39 is 6.10 Å². The number of hydrogen-bond donors (Lipinski definition) is 1. The van der Waals surface area contributed by atoms with Crippen molar-refractivity contribution in [2.45, 2.75) is 12.0 Å². The SMILES string of the molecule is C#CC(O)C(c1ccccc1)c1ccccc1. The van der Waals surface area contributed by atoms with Crippen LogP contribution in [0, 0.1) is 12.3 Å². The molecule has 0 aliphatic carbocycles. The zero-order valence-electron chi connectivity index (χ0n) is 9.45. The predicted molar refractivity (Wildman–Crippen MR) is 69.6 cm³/mol. The van der Waals surface area contributed by atoms with Crippen molar-refractivity contribution in [3.05, 3.63) is 71.8 Å². The van der Waals surface area contributed by atoms with Crippen LogP contribution in [0.3, 0.4) is 0 Å². The Labute approximate surface area is 102 Å². The van der Waals surface area contributed by atoms with Crippen LogP contribution in [0.2, 0.25) is 0 Å². The highest BCUT2D eigenvalue weighted by atomic mass is 16.3. The smallest absolute Gasteiger partial charge is 0.125 e. The van der Waals surface area contributed by atoms with Crippen LogP contribution in [0.5, 0.6) is 0 Å². The molecule has 1 atom stereocenters. The first-order valence-electron chi connectivity index (χ1n) is 5.57. The van der Waals surface area contributed by atoms with Crippen molar-refractivity contribution >= 4 is 0 Å². The average molecular weight is 222 g/mol. The Kier molecular flexibility index (Phi) is 3.59. The van der Waals surface area contributed by atoms with Gasteiger partial charge in [-0.05, 0) is 11.1 Å². The third kappa shape index (κ3) is 2.55. The normalized spacial score (nSPS) is 12.1. The molecule has 1 N–H and O–H groups in total. The summed E-state index contributed by atoms with van der Waals surface area (Å²) in [5.41, 5.74) is 2.06. The van der Waals surface area contributed by atoms with Gasteiger partial charge in [-0.2, -0.15) is 0 Å². The van der Waals surface area contributed by atoms with E-state index in [2.05, 4.69) is 5.92 Å². The number of terminal acetylenes is 1. The second-order valence-corrected chi connectivity index (χ2v) is 3.91. The maximum absolute atomic E-state index is 9.99. The van der Waals surface area contributed by atoms with Crippen LogP contribution in [0.15, 0.2) is 60.7 Å². The molecule has 1 heteroatoms. The molecule has 0 fully saturated rings. The third-order valence-electron chi connectivity index (χ3n) is 2.80. The van der Waals surface area contributed by atoms with Gasteiger partial charge in [0.05, 0.1) is 0 Å². The quantitative estimate of drug-likeness (QED) is 0.792. The van der Waals surface area contributed by atoms with Crippen molar-refractivity contribution in [2.24, 2.45) is 0 Å². The summed E-state index contributed by atoms with van der Waals surface area (Å²) in [5, 5.41) is 9.99. The number of aliphatic hydroxyl groups excluding tert-OH is 1. The van der Waals surface area contributed by atoms with Crippen LogP contribution in [0.4, 0.5) is 0 Å². The molecule has 0 spiro atoms. The summed E-state index contributed by atoms with van der Waals surface area (Å²) in [6.07, 6.45) is 4.54. The molecule has 0 saturated heterocycles. The minimum atomic E-state index is -0.806. The van der Waals surface area contributed by atoms with E-state index in [1.165, 1.54) is 0 Å². The Morgan fingerprint density at radius 2 is 1.24 bits per heavy atom. The van der Waals surface area contributed by atoms with Gasteiger partial charge in [0.15, 0.2) is 0 Å². The Morgan fingerprint density at radius 1 is 0.824 bits per heavy atom. The molecular formula is C16H14O. The Balaban J connectivity index is 2.44. The van der Waals surface area contributed by atoms with Crippen molar-refractivity contribution in [3.63, 3.8) is 0 Å². The minimum Gasteiger partial charge on any atom is -0.379 e. The fourth-order valence-electron chi connectivity index (χ4n) is 1.97. The molecule has 0 aliphatic heterocycles. The van der Waals surface area contributed by atoms with Crippen molar-refractivity contribution in [3.8, 4) is 12.3 Å². The first kappa shape index (κ1) is 11.4. The molecule has 2 rings (SSSR count). The van der Waals surface area contributed by atoms with Gasteiger partial charge in [0, 0.05) is 5.92 Å². The lowest BCUT2D eigenvalue weighted by molar-refractivity contribution is 0.214. The lowest BCUT2D eigenvalue weighted by Crippen LogP contribution is -2.17. The van der Waals surface area contributed by atoms with E-state index in [1.807, 2.05) is 60.7 Å². The van der Waals surface area contributed by atoms with Crippen molar-refractivity contribution < 1.29 is 5.11 Å². The maximum Gasteiger partial charge on any atom is 0.125 e. The van der Waals surface area contributed by atoms with Gasteiger partial charge in [0.1, 0.15) is 6.10 Å². The van der Waals surface area contributed by atoms with Crippen LogP contribution in [-0.4, -0.2) is 11.2 Å². The van der Waals surface area contributed by atoms with Crippen LogP contribution >= 0.6 is 0 Å². The van der Waals surface area contributed by atoms with Crippen LogP contribution in [0.25, 0.3) is 0 Å². The lowest BCUT2D eigenvalue weighted by atomic mass is 9.87. The summed E-state index contributed by atoms with van der Waals surface area (Å²) in [7, 11) is 0. The van der Waals surface area contributed by atoms with Gasteiger partial charge in [-0.15, -0.1) is 6.42 Å². The molecule has 0 saturated carbocycles. The first-order valence-corrected chi connectivity index (χ1v) is 5.57. The Bertz CT molecular complexity index is 457. The lowest BCUT2D eigenvalue weighted by Gasteiger charge is -2.20. The zero-order chi connectivity index (χ0) is 12.1. The van der Waals surface area contributed by atoms with Gasteiger partial charge < -0.3 is 5.11 Å². The van der Waals surface area contributed by atoms with Crippen molar-refractivity contribution in [1.29, 1.82) is 0 Å². The predicted octanol–water partition coefficient (Wildman–Crippen LogP) is 2.81. The molecule has 17 heavy (non-hydrogen) atoms. The molecule has 0 radical (unpaired) electrons. The topological polar surface area (TPSA) is 20.2 Å². The number of hydrogen-bond acceptors (Lipinski definition) is 1. The molecule has 0 amide bonds. The molecule has 1 unspecified atom stereocenters. The van der Waals surface area contributed by atoms with E-state index in [0.717, 1.165) is 11.1 Å². The van der Waals surface area contributed by atoms with E-state index in [9.17, 15) is 5.11 Å². The standard InChI is InChI=1S/C16H14O/c1-2-15(17)16(13-9-5-3-6-10-13)14-11-7-4-8-12-14/h1,3-12,15-17H. The van der Waals surface area contributed by atoms with Crippen molar-refractivity contribution in [2.75, 3.05) is 0 Å². The molecule has 0 aliphatic rings. The molecule has 0 aromatic heterocycles. The fraction of sp³-hybridized carbons (Fsp3) is 0.125. The fourth-order valence-corrected chi connectivity index (χ4v) is 1.97. The van der Waals surface area contributed by atoms with Crippen LogP contribution < -0.4 is 0 Å². The highest BCUT2D eigenvalue weighted by molar-refractivity contribution is 5.35. The third-order valence-corrected chi connectivity index (χ3v) is 2.80. The van der Waals surface area contributed by atoms with Crippen LogP contribution in [0.1, 0.15) is 17.0 Å². The Hall–Kier alpha value is -2.04. The zero-order valence-corrected chi connectivity index (χ0v) is 9.45. The summed E-state index contributed by atoms with van der Waals surface area (Å²) in [4.78, 5) is 0. The van der Waals surface area contributed by atoms with Gasteiger partial charge in [-0.1, -0.05) is 66.6 Å². The van der Waals surface area contributed by atoms with Gasteiger partial charge in [0.2, 0.25) is 0 Å². The van der Waals surface area contributed by atoms with E-state index in [-0.39, 0.29) is 5.92 Å². The molecule has 0 heterocycles. The largest absolute Gasteiger partial charge is 0.379 e. The summed E-state index contributed by atoms with van der Waals surface area (Å²) >= 11 is 0. The first-order chi connectivity index (χ1) is 8.33. The summed E-state index contributed by atoms with van der Waals surface area (Å²) in [6, 6.07) is 19.7. The second-order valence-electron chi connectivity index (χ2n) is 3.91. The number of aliphatic hydroxyl groups is 1. The van der Waals surface area contributed by atoms with E-state index in [0.29, 0.717) is 0 Å². The number of benzene rings is 2. The van der Waals surface area contributed by atoms with Gasteiger partial charge >= 0.3 is 0 Å². The molecule has 2 aromatic rings. The molecule has 1 nitrogen and oxygen atoms in total. The highest BCUT2D eigenvalue weighted by Crippen LogP contribution is 2.27. The van der Waals surface area contributed by atoms with E-state index in [4.69, 9.17) is 6.42 Å². The van der Waals surface area contributed by atoms with Gasteiger partial charge in [-0.3, -0.25) is 0 Å². The van der Waals surface area contributed by atoms with Crippen molar-refractivity contribution in [1.82, 2.24) is 0 Å². The monoisotopic (exact) mass is 222 g/mol. The molecule has 84 valence electrons. The van der Waals surface area contributed by atoms with Crippen LogP contribution in [-0.2, 0) is 0 Å². The molecule has 2 aromatic carbocycles. The second kappa shape index (κ2) is 5.34. The highest BCUT2D eigenvalue weighted by Gasteiger charge is 2.20. The Morgan fingerprint density at radius 3 is 1.59 bits per heavy atom. The molecule has 0 bridgehead atoms. The summed E-state index contributed by atoms with van der Waals surface area (Å²) in [6.45, 7) is 0.